The minimum atomic E-state index is -2.74. The second-order valence-corrected chi connectivity index (χ2v) is 5.56. The summed E-state index contributed by atoms with van der Waals surface area (Å²) >= 11 is 0. The Morgan fingerprint density at radius 3 is 2.62 bits per heavy atom. The van der Waals surface area contributed by atoms with Gasteiger partial charge >= 0.3 is 0 Å². The molecule has 0 atom stereocenters. The normalized spacial score (nSPS) is 23.5. The van der Waals surface area contributed by atoms with Crippen LogP contribution < -0.4 is 0 Å². The molecule has 1 fully saturated rings. The van der Waals surface area contributed by atoms with Crippen LogP contribution in [0.5, 0.6) is 0 Å². The molecule has 13 heavy (non-hydrogen) atoms. The van der Waals surface area contributed by atoms with Crippen molar-refractivity contribution in [2.24, 2.45) is 11.1 Å². The summed E-state index contributed by atoms with van der Waals surface area (Å²) in [4.78, 5) is 4.97. The van der Waals surface area contributed by atoms with Crippen molar-refractivity contribution >= 4 is 16.1 Å². The molecule has 0 aromatic rings. The Kier molecular flexibility index (Phi) is 3.71. The molecule has 0 unspecified atom stereocenters. The molecule has 0 aromatic carbocycles. The molecule has 0 saturated carbocycles. The highest BCUT2D eigenvalue weighted by molar-refractivity contribution is 7.91. The van der Waals surface area contributed by atoms with Gasteiger partial charge in [-0.3, -0.25) is 0 Å². The zero-order valence-electron chi connectivity index (χ0n) is 7.77. The Morgan fingerprint density at radius 2 is 2.08 bits per heavy atom. The van der Waals surface area contributed by atoms with Gasteiger partial charge in [0.05, 0.1) is 11.5 Å². The monoisotopic (exact) mass is 205 g/mol. The van der Waals surface area contributed by atoms with Gasteiger partial charge in [0.1, 0.15) is 16.4 Å². The molecule has 0 amide bonds. The van der Waals surface area contributed by atoms with Gasteiger partial charge < -0.3 is 4.84 Å². The molecule has 76 valence electrons. The smallest absolute Gasteiger partial charge is 0.150 e. The van der Waals surface area contributed by atoms with Crippen LogP contribution >= 0.6 is 0 Å². The van der Waals surface area contributed by atoms with Gasteiger partial charge in [-0.1, -0.05) is 5.16 Å². The van der Waals surface area contributed by atoms with Gasteiger partial charge in [-0.05, 0) is 25.7 Å². The fourth-order valence-electron chi connectivity index (χ4n) is 1.33. The summed E-state index contributed by atoms with van der Waals surface area (Å²) in [5.41, 5.74) is 0. The van der Waals surface area contributed by atoms with Crippen LogP contribution in [0.25, 0.3) is 0 Å². The summed E-state index contributed by atoms with van der Waals surface area (Å²) < 4.78 is 22.1. The zero-order valence-corrected chi connectivity index (χ0v) is 8.59. The molecule has 1 heterocycles. The number of sulfone groups is 1. The number of rotatable bonds is 3. The Labute approximate surface area is 78.9 Å². The molecule has 1 saturated heterocycles. The van der Waals surface area contributed by atoms with Crippen LogP contribution in [0, 0.1) is 5.92 Å². The molecular formula is C8H15NO3S. The quantitative estimate of drug-likeness (QED) is 0.506. The average molecular weight is 205 g/mol. The zero-order chi connectivity index (χ0) is 9.73. The molecule has 5 heteroatoms. The number of nitrogens with zero attached hydrogens (tertiary/aromatic N) is 1. The summed E-state index contributed by atoms with van der Waals surface area (Å²) in [5.74, 6) is 0.959. The van der Waals surface area contributed by atoms with E-state index >= 15 is 0 Å². The van der Waals surface area contributed by atoms with E-state index in [0.717, 1.165) is 0 Å². The van der Waals surface area contributed by atoms with E-state index in [1.54, 1.807) is 13.1 Å². The Bertz CT molecular complexity index is 257. The Morgan fingerprint density at radius 1 is 1.46 bits per heavy atom. The van der Waals surface area contributed by atoms with Gasteiger partial charge in [-0.2, -0.15) is 0 Å². The molecule has 4 nitrogen and oxygen atoms in total. The maximum atomic E-state index is 11.1. The predicted molar refractivity (Wildman–Crippen MR) is 51.5 cm³/mol. The molecular weight excluding hydrogens is 190 g/mol. The highest BCUT2D eigenvalue weighted by Gasteiger charge is 2.23. The van der Waals surface area contributed by atoms with Crippen LogP contribution in [-0.4, -0.2) is 32.7 Å². The summed E-state index contributed by atoms with van der Waals surface area (Å²) in [6, 6.07) is 0. The first-order valence-corrected chi connectivity index (χ1v) is 6.26. The van der Waals surface area contributed by atoms with Crippen molar-refractivity contribution in [3.63, 3.8) is 0 Å². The van der Waals surface area contributed by atoms with Crippen LogP contribution in [0.3, 0.4) is 0 Å². The molecule has 0 radical (unpaired) electrons. The van der Waals surface area contributed by atoms with Gasteiger partial charge in [0.15, 0.2) is 0 Å². The van der Waals surface area contributed by atoms with Gasteiger partial charge in [0.2, 0.25) is 0 Å². The van der Waals surface area contributed by atoms with E-state index in [-0.39, 0.29) is 0 Å². The molecule has 1 aliphatic heterocycles. The lowest BCUT2D eigenvalue weighted by Crippen LogP contribution is -2.25. The Balaban J connectivity index is 2.25. The lowest BCUT2D eigenvalue weighted by Gasteiger charge is -2.20. The third kappa shape index (κ3) is 3.76. The highest BCUT2D eigenvalue weighted by Crippen LogP contribution is 2.18. The first kappa shape index (κ1) is 10.5. The van der Waals surface area contributed by atoms with Crippen molar-refractivity contribution in [1.29, 1.82) is 0 Å². The SMILES string of the molecule is C/C=N\OCC1CCS(=O)(=O)CC1. The van der Waals surface area contributed by atoms with Crippen LogP contribution in [0.1, 0.15) is 19.8 Å². The van der Waals surface area contributed by atoms with Gasteiger partial charge in [0, 0.05) is 6.21 Å². The minimum Gasteiger partial charge on any atom is -0.396 e. The van der Waals surface area contributed by atoms with Crippen LogP contribution in [0.2, 0.25) is 0 Å². The predicted octanol–water partition coefficient (Wildman–Crippen LogP) is 0.834. The van der Waals surface area contributed by atoms with Crippen LogP contribution in [-0.2, 0) is 14.7 Å². The van der Waals surface area contributed by atoms with Gasteiger partial charge in [-0.25, -0.2) is 8.42 Å². The lowest BCUT2D eigenvalue weighted by atomic mass is 10.1. The third-order valence-corrected chi connectivity index (χ3v) is 3.88. The minimum absolute atomic E-state index is 0.302. The topological polar surface area (TPSA) is 55.7 Å². The molecule has 0 aromatic heterocycles. The van der Waals surface area contributed by atoms with Crippen molar-refractivity contribution in [1.82, 2.24) is 0 Å². The molecule has 0 bridgehead atoms. The van der Waals surface area contributed by atoms with Gasteiger partial charge in [-0.15, -0.1) is 0 Å². The maximum Gasteiger partial charge on any atom is 0.150 e. The van der Waals surface area contributed by atoms with E-state index < -0.39 is 9.84 Å². The third-order valence-electron chi connectivity index (χ3n) is 2.16. The second kappa shape index (κ2) is 4.60. The fraction of sp³-hybridized carbons (Fsp3) is 0.875. The Hall–Kier alpha value is -0.580. The standard InChI is InChI=1S/C8H15NO3S/c1-2-9-12-7-8-3-5-13(10,11)6-4-8/h2,8H,3-7H2,1H3/b9-2-. The number of hydrogen-bond donors (Lipinski definition) is 0. The van der Waals surface area contributed by atoms with Crippen molar-refractivity contribution in [2.75, 3.05) is 18.1 Å². The summed E-state index contributed by atoms with van der Waals surface area (Å²) in [6.45, 7) is 2.32. The first-order chi connectivity index (χ1) is 6.14. The molecule has 0 N–H and O–H groups in total. The molecule has 0 aliphatic carbocycles. The van der Waals surface area contributed by atoms with E-state index in [0.29, 0.717) is 36.9 Å². The van der Waals surface area contributed by atoms with Gasteiger partial charge in [0.25, 0.3) is 0 Å². The number of oxime groups is 1. The van der Waals surface area contributed by atoms with Crippen LogP contribution in [0.15, 0.2) is 5.16 Å². The molecule has 1 rings (SSSR count). The van der Waals surface area contributed by atoms with E-state index in [2.05, 4.69) is 5.16 Å². The lowest BCUT2D eigenvalue weighted by molar-refractivity contribution is 0.104. The molecule has 0 spiro atoms. The summed E-state index contributed by atoms with van der Waals surface area (Å²) in [6.07, 6.45) is 3.00. The van der Waals surface area contributed by atoms with E-state index in [1.807, 2.05) is 0 Å². The van der Waals surface area contributed by atoms with Crippen molar-refractivity contribution in [3.05, 3.63) is 0 Å². The summed E-state index contributed by atoms with van der Waals surface area (Å²) in [5, 5.41) is 3.63. The second-order valence-electron chi connectivity index (χ2n) is 3.25. The highest BCUT2D eigenvalue weighted by atomic mass is 32.2. The summed E-state index contributed by atoms with van der Waals surface area (Å²) in [7, 11) is -2.74. The van der Waals surface area contributed by atoms with Crippen molar-refractivity contribution in [3.8, 4) is 0 Å². The first-order valence-electron chi connectivity index (χ1n) is 4.44. The van der Waals surface area contributed by atoms with Crippen molar-refractivity contribution < 1.29 is 13.3 Å². The largest absolute Gasteiger partial charge is 0.396 e. The van der Waals surface area contributed by atoms with Crippen molar-refractivity contribution in [2.45, 2.75) is 19.8 Å². The van der Waals surface area contributed by atoms with Crippen LogP contribution in [0.4, 0.5) is 0 Å². The fourth-order valence-corrected chi connectivity index (χ4v) is 2.92. The maximum absolute atomic E-state index is 11.1. The van der Waals surface area contributed by atoms with E-state index in [4.69, 9.17) is 4.84 Å². The van der Waals surface area contributed by atoms with E-state index in [1.165, 1.54) is 0 Å². The number of hydrogen-bond acceptors (Lipinski definition) is 4. The van der Waals surface area contributed by atoms with E-state index in [9.17, 15) is 8.42 Å². The average Bonchev–Trinajstić information content (AvgIpc) is 2.08. The molecule has 1 aliphatic rings.